The lowest BCUT2D eigenvalue weighted by Crippen LogP contribution is -2.10. The number of aromatic nitrogens is 3. The van der Waals surface area contributed by atoms with Gasteiger partial charge >= 0.3 is 0 Å². The number of benzene rings is 7. The van der Waals surface area contributed by atoms with Crippen molar-refractivity contribution in [2.45, 2.75) is 59.0 Å². The van der Waals surface area contributed by atoms with E-state index < -0.39 is 91.9 Å². The Bertz CT molecular complexity index is 3840. The molecular weight excluding hydrogens is 743 g/mol. The van der Waals surface area contributed by atoms with E-state index in [0.717, 1.165) is 5.56 Å². The van der Waals surface area contributed by atoms with Crippen molar-refractivity contribution in [1.29, 1.82) is 0 Å². The molecule has 0 radical (unpaired) electrons. The van der Waals surface area contributed by atoms with Crippen LogP contribution in [0.5, 0.6) is 5.75 Å². The summed E-state index contributed by atoms with van der Waals surface area (Å²) in [5.41, 5.74) is -0.601. The molecule has 2 aromatic heterocycles. The summed E-state index contributed by atoms with van der Waals surface area (Å²) in [6.45, 7) is -8.03. The smallest absolute Gasteiger partial charge is 0.149 e. The first-order valence-electron chi connectivity index (χ1n) is 29.1. The second kappa shape index (κ2) is 15.5. The molecule has 9 rings (SSSR count). The molecule has 2 heterocycles. The molecule has 0 atom stereocenters. The van der Waals surface area contributed by atoms with Gasteiger partial charge in [0.05, 0.1) is 37.6 Å². The second-order valence-corrected chi connectivity index (χ2v) is 15.9. The zero-order valence-electron chi connectivity index (χ0n) is 52.5. The molecule has 7 aromatic carbocycles. The number of hydrogen-bond acceptors (Lipinski definition) is 3. The van der Waals surface area contributed by atoms with Crippen LogP contribution < -0.4 is 0 Å². The third-order valence-corrected chi connectivity index (χ3v) is 10.6. The van der Waals surface area contributed by atoms with Crippen LogP contribution in [0.15, 0.2) is 176 Å². The number of hydrogen-bond donors (Lipinski definition) is 1. The lowest BCUT2D eigenvalue weighted by atomic mass is 9.86. The Hall–Kier alpha value is -7.04. The van der Waals surface area contributed by atoms with Gasteiger partial charge in [-0.3, -0.25) is 9.55 Å². The van der Waals surface area contributed by atoms with Gasteiger partial charge in [-0.25, -0.2) is 4.98 Å². The van der Waals surface area contributed by atoms with Gasteiger partial charge in [0, 0.05) is 39.3 Å². The van der Waals surface area contributed by atoms with Crippen LogP contribution in [0, 0.1) is 6.85 Å². The molecule has 1 N–H and O–H groups in total. The highest BCUT2D eigenvalue weighted by atomic mass is 16.3. The summed E-state index contributed by atoms with van der Waals surface area (Å²) < 4.78 is 165. The number of para-hydroxylation sites is 2. The third kappa shape index (κ3) is 7.78. The lowest BCUT2D eigenvalue weighted by Gasteiger charge is -2.20. The molecule has 0 saturated heterocycles. The Balaban J connectivity index is 1.32. The summed E-state index contributed by atoms with van der Waals surface area (Å²) in [7, 11) is 0. The molecule has 4 nitrogen and oxygen atoms in total. The van der Waals surface area contributed by atoms with Crippen molar-refractivity contribution in [2.24, 2.45) is 0 Å². The highest BCUT2D eigenvalue weighted by Gasteiger charge is 2.23. The van der Waals surface area contributed by atoms with E-state index in [-0.39, 0.29) is 28.0 Å². The topological polar surface area (TPSA) is 50.9 Å². The molecule has 0 aliphatic carbocycles. The maximum absolute atomic E-state index is 11.5. The van der Waals surface area contributed by atoms with Gasteiger partial charge in [-0.15, -0.1) is 0 Å². The van der Waals surface area contributed by atoms with Gasteiger partial charge in [-0.1, -0.05) is 156 Å². The molecule has 4 heteroatoms. The average Bonchev–Trinajstić information content (AvgIpc) is 3.92. The third-order valence-electron chi connectivity index (χ3n) is 10.6. The summed E-state index contributed by atoms with van der Waals surface area (Å²) in [5, 5.41) is 11.5. The van der Waals surface area contributed by atoms with Crippen LogP contribution in [0.3, 0.4) is 0 Å². The first-order chi connectivity index (χ1) is 37.2. The Morgan fingerprint density at radius 3 is 2.02 bits per heavy atom. The summed E-state index contributed by atoms with van der Waals surface area (Å²) in [6, 6.07) is 32.6. The SMILES string of the molecule is [2H]c1nc(-c2cc(-c3ccccc3)cc(-c3cccc4c3nc(-c3ccccc3O)n4-c3ccc(C([2H])([2H])[2H])cc3-c3ccc(C(C)(C)C)cc3)c2)c([2H])c(-c2c([2H])c([2H])c(C(C([2H])([2H])[2H])(C([2H])([2H])[2H])C([2H])([2H])[2H])c([2H])c2[2H])c1[2H]. The molecule has 0 unspecified atom stereocenters. The Morgan fingerprint density at radius 2 is 1.28 bits per heavy atom. The fraction of sp³-hybridized carbons (Fsp3) is 0.158. The lowest BCUT2D eigenvalue weighted by molar-refractivity contribution is 0.477. The van der Waals surface area contributed by atoms with E-state index >= 15 is 0 Å². The van der Waals surface area contributed by atoms with Crippen molar-refractivity contribution in [3.8, 4) is 78.6 Å². The summed E-state index contributed by atoms with van der Waals surface area (Å²) >= 11 is 0. The minimum Gasteiger partial charge on any atom is -0.507 e. The quantitative estimate of drug-likeness (QED) is 0.174. The molecule has 300 valence electrons. The number of phenols is 1. The second-order valence-electron chi connectivity index (χ2n) is 15.9. The van der Waals surface area contributed by atoms with Crippen LogP contribution >= 0.6 is 0 Å². The predicted octanol–water partition coefficient (Wildman–Crippen LogP) is 15.0. The van der Waals surface area contributed by atoms with Crippen LogP contribution in [0.25, 0.3) is 83.9 Å². The number of aryl methyl sites for hydroxylation is 1. The normalized spacial score (nSPS) is 17.3. The Kier molecular flexibility index (Phi) is 5.88. The van der Waals surface area contributed by atoms with Gasteiger partial charge in [-0.05, 0) is 123 Å². The number of nitrogens with zero attached hydrogens (tertiary/aromatic N) is 3. The first kappa shape index (κ1) is 23.1. The van der Waals surface area contributed by atoms with Crippen molar-refractivity contribution in [3.63, 3.8) is 0 Å². The van der Waals surface area contributed by atoms with E-state index in [4.69, 9.17) is 29.7 Å². The van der Waals surface area contributed by atoms with Gasteiger partial charge in [0.1, 0.15) is 11.6 Å². The van der Waals surface area contributed by atoms with Gasteiger partial charge in [0.25, 0.3) is 0 Å². The number of pyridine rings is 1. The maximum Gasteiger partial charge on any atom is 0.149 e. The molecule has 0 bridgehead atoms. The van der Waals surface area contributed by atoms with Crippen molar-refractivity contribution in [2.75, 3.05) is 0 Å². The van der Waals surface area contributed by atoms with E-state index in [1.807, 2.05) is 71.3 Å². The minimum absolute atomic E-state index is 0.0920. The van der Waals surface area contributed by atoms with Crippen molar-refractivity contribution >= 4 is 11.0 Å². The van der Waals surface area contributed by atoms with Crippen LogP contribution in [-0.4, -0.2) is 19.6 Å². The minimum atomic E-state index is -3.95. The maximum atomic E-state index is 11.5. The molecule has 9 aromatic rings. The van der Waals surface area contributed by atoms with E-state index in [2.05, 4.69) is 25.8 Å². The zero-order chi connectivity index (χ0) is 58.6. The molecule has 0 fully saturated rings. The van der Waals surface area contributed by atoms with E-state index in [1.54, 1.807) is 54.6 Å². The number of phenolic OH excluding ortho intramolecular Hbond substituents is 1. The number of rotatable bonds is 7. The molecule has 0 aliphatic rings. The number of imidazole rings is 1. The van der Waals surface area contributed by atoms with Gasteiger partial charge in [-0.2, -0.15) is 0 Å². The first-order valence-corrected chi connectivity index (χ1v) is 19.6. The summed E-state index contributed by atoms with van der Waals surface area (Å²) in [6.07, 6.45) is -0.776. The van der Waals surface area contributed by atoms with Crippen LogP contribution in [-0.2, 0) is 10.8 Å². The monoisotopic (exact) mass is 813 g/mol. The standard InChI is InChI=1S/C57H51N3O/c1-37-20-29-51(49(32-37)40-23-27-46(28-24-40)57(5,6)7)60-52-18-13-17-47(54(52)59-55(60)48-16-11-12-19-53(48)61)43-33-42(38-14-9-8-10-15-38)34-44(35-43)50-36-41(30-31-58-50)39-21-25-45(26-22-39)56(2,3)4/h8-36,61H,1-7H3/i1D3,2D3,3D3,4D3,21D,22D,25D,26D,30D,31D,36D. The van der Waals surface area contributed by atoms with Crippen molar-refractivity contribution < 1.29 is 31.2 Å². The largest absolute Gasteiger partial charge is 0.507 e. The van der Waals surface area contributed by atoms with Crippen molar-refractivity contribution in [3.05, 3.63) is 193 Å². The zero-order valence-corrected chi connectivity index (χ0v) is 33.5. The highest BCUT2D eigenvalue weighted by molar-refractivity contribution is 5.98. The molecular formula is C57H51N3O. The van der Waals surface area contributed by atoms with Crippen LogP contribution in [0.2, 0.25) is 0 Å². The van der Waals surface area contributed by atoms with Crippen LogP contribution in [0.4, 0.5) is 0 Å². The molecule has 0 aliphatic heterocycles. The molecule has 61 heavy (non-hydrogen) atoms. The molecule has 0 amide bonds. The Labute approximate surface area is 386 Å². The van der Waals surface area contributed by atoms with E-state index in [9.17, 15) is 6.48 Å². The van der Waals surface area contributed by atoms with Gasteiger partial charge in [0.2, 0.25) is 0 Å². The average molecular weight is 813 g/mol. The van der Waals surface area contributed by atoms with Crippen LogP contribution in [0.1, 0.15) is 84.1 Å². The fourth-order valence-electron chi connectivity index (χ4n) is 7.45. The fourth-order valence-corrected chi connectivity index (χ4v) is 7.45. The number of fused-ring (bicyclic) bond motifs is 1. The van der Waals surface area contributed by atoms with Gasteiger partial charge < -0.3 is 5.11 Å². The predicted molar refractivity (Wildman–Crippen MR) is 255 cm³/mol. The van der Waals surface area contributed by atoms with E-state index in [0.29, 0.717) is 61.5 Å². The number of aromatic hydroxyl groups is 1. The summed E-state index contributed by atoms with van der Waals surface area (Å²) in [4.78, 5) is 9.63. The van der Waals surface area contributed by atoms with E-state index in [1.165, 1.54) is 12.1 Å². The summed E-state index contributed by atoms with van der Waals surface area (Å²) in [5.74, 6) is 0.203. The molecule has 0 saturated carbocycles. The van der Waals surface area contributed by atoms with Gasteiger partial charge in [0.15, 0.2) is 0 Å². The van der Waals surface area contributed by atoms with Crippen molar-refractivity contribution in [1.82, 2.24) is 14.5 Å². The Morgan fingerprint density at radius 1 is 0.557 bits per heavy atom. The highest BCUT2D eigenvalue weighted by Crippen LogP contribution is 2.42. The molecule has 0 spiro atoms.